The van der Waals surface area contributed by atoms with Crippen molar-refractivity contribution in [2.45, 2.75) is 26.7 Å². The minimum absolute atomic E-state index is 0.0340. The molecule has 0 N–H and O–H groups in total. The van der Waals surface area contributed by atoms with Crippen LogP contribution in [0.1, 0.15) is 26.7 Å². The number of hydrogen-bond acceptors (Lipinski definition) is 3. The van der Waals surface area contributed by atoms with Gasteiger partial charge in [0, 0.05) is 14.0 Å². The molecule has 0 saturated heterocycles. The molecule has 96 valence electrons. The van der Waals surface area contributed by atoms with Crippen LogP contribution in [0.25, 0.3) is 0 Å². The molecule has 0 radical (unpaired) electrons. The number of nitrogens with zero attached hydrogens (tertiary/aromatic N) is 1. The van der Waals surface area contributed by atoms with Gasteiger partial charge in [0.2, 0.25) is 5.91 Å². The number of esters is 1. The largest absolute Gasteiger partial charge is 0.464 e. The summed E-state index contributed by atoms with van der Waals surface area (Å²) in [6.07, 6.45) is 6.33. The Morgan fingerprint density at radius 3 is 2.59 bits per heavy atom. The number of amides is 1. The molecule has 0 saturated carbocycles. The fraction of sp³-hybridized carbons (Fsp3) is 0.692. The first-order chi connectivity index (χ1) is 8.00. The van der Waals surface area contributed by atoms with Crippen molar-refractivity contribution < 1.29 is 14.3 Å². The topological polar surface area (TPSA) is 46.6 Å². The highest BCUT2D eigenvalue weighted by Crippen LogP contribution is 2.24. The Balaban J connectivity index is 2.28. The van der Waals surface area contributed by atoms with E-state index in [1.54, 1.807) is 7.05 Å². The van der Waals surface area contributed by atoms with E-state index in [-0.39, 0.29) is 18.4 Å². The summed E-state index contributed by atoms with van der Waals surface area (Å²) in [4.78, 5) is 23.8. The van der Waals surface area contributed by atoms with Crippen molar-refractivity contribution in [2.75, 3.05) is 20.2 Å². The average molecular weight is 239 g/mol. The molecule has 0 fully saturated rings. The third-order valence-corrected chi connectivity index (χ3v) is 3.28. The van der Waals surface area contributed by atoms with E-state index in [1.807, 2.05) is 0 Å². The van der Waals surface area contributed by atoms with Crippen LogP contribution in [0.15, 0.2) is 12.2 Å². The number of likely N-dealkylation sites (N-methyl/N-ethyl adjacent to an activating group) is 1. The molecular formula is C13H21NO3. The van der Waals surface area contributed by atoms with Crippen molar-refractivity contribution >= 4 is 11.9 Å². The van der Waals surface area contributed by atoms with Crippen LogP contribution in [0.5, 0.6) is 0 Å². The molecule has 2 unspecified atom stereocenters. The lowest BCUT2D eigenvalue weighted by atomic mass is 9.85. The fourth-order valence-electron chi connectivity index (χ4n) is 1.79. The highest BCUT2D eigenvalue weighted by Gasteiger charge is 2.20. The zero-order valence-electron chi connectivity index (χ0n) is 10.8. The molecule has 0 bridgehead atoms. The Hall–Kier alpha value is -1.32. The number of allylic oxidation sites excluding steroid dienone is 2. The van der Waals surface area contributed by atoms with Crippen LogP contribution in [-0.4, -0.2) is 37.0 Å². The van der Waals surface area contributed by atoms with Crippen LogP contribution in [0.4, 0.5) is 0 Å². The predicted octanol–water partition coefficient (Wildman–Crippen LogP) is 1.61. The minimum atomic E-state index is -0.329. The summed E-state index contributed by atoms with van der Waals surface area (Å²) in [5.74, 6) is 0.505. The summed E-state index contributed by atoms with van der Waals surface area (Å²) in [5.41, 5.74) is 0. The van der Waals surface area contributed by atoms with Gasteiger partial charge in [0.25, 0.3) is 0 Å². The molecule has 1 amide bonds. The molecule has 1 aliphatic rings. The van der Waals surface area contributed by atoms with Gasteiger partial charge in [0.05, 0.1) is 6.61 Å². The number of hydrogen-bond donors (Lipinski definition) is 0. The molecule has 4 nitrogen and oxygen atoms in total. The Morgan fingerprint density at radius 2 is 2.00 bits per heavy atom. The Kier molecular flexibility index (Phi) is 5.19. The lowest BCUT2D eigenvalue weighted by Crippen LogP contribution is -2.32. The number of ether oxygens (including phenoxy) is 1. The molecule has 1 rings (SSSR count). The van der Waals surface area contributed by atoms with E-state index in [9.17, 15) is 9.59 Å². The van der Waals surface area contributed by atoms with Crippen LogP contribution in [-0.2, 0) is 14.3 Å². The predicted molar refractivity (Wildman–Crippen MR) is 65.3 cm³/mol. The molecule has 0 aliphatic heterocycles. The van der Waals surface area contributed by atoms with Gasteiger partial charge >= 0.3 is 5.97 Å². The number of rotatable bonds is 4. The molecule has 0 heterocycles. The minimum Gasteiger partial charge on any atom is -0.464 e. The average Bonchev–Trinajstić information content (AvgIpc) is 2.27. The van der Waals surface area contributed by atoms with Crippen LogP contribution in [0, 0.1) is 11.8 Å². The summed E-state index contributed by atoms with van der Waals surface area (Å²) in [5, 5.41) is 0. The lowest BCUT2D eigenvalue weighted by molar-refractivity contribution is -0.149. The van der Waals surface area contributed by atoms with E-state index in [4.69, 9.17) is 4.74 Å². The van der Waals surface area contributed by atoms with Crippen LogP contribution in [0.3, 0.4) is 0 Å². The molecule has 0 aromatic rings. The van der Waals surface area contributed by atoms with Gasteiger partial charge in [-0.15, -0.1) is 0 Å². The zero-order chi connectivity index (χ0) is 12.8. The second-order valence-electron chi connectivity index (χ2n) is 4.74. The first kappa shape index (κ1) is 13.7. The first-order valence-corrected chi connectivity index (χ1v) is 6.03. The Morgan fingerprint density at radius 1 is 1.35 bits per heavy atom. The van der Waals surface area contributed by atoms with Crippen molar-refractivity contribution in [3.63, 3.8) is 0 Å². The molecular weight excluding hydrogens is 218 g/mol. The monoisotopic (exact) mass is 239 g/mol. The lowest BCUT2D eigenvalue weighted by Gasteiger charge is -2.25. The Bertz CT molecular complexity index is 312. The zero-order valence-corrected chi connectivity index (χ0v) is 10.8. The molecule has 4 heteroatoms. The smallest absolute Gasteiger partial charge is 0.325 e. The summed E-state index contributed by atoms with van der Waals surface area (Å²) in [6.45, 7) is 4.09. The van der Waals surface area contributed by atoms with Crippen molar-refractivity contribution in [1.82, 2.24) is 4.90 Å². The van der Waals surface area contributed by atoms with Gasteiger partial charge in [-0.1, -0.05) is 19.1 Å². The molecule has 17 heavy (non-hydrogen) atoms. The molecule has 1 aliphatic carbocycles. The maximum absolute atomic E-state index is 11.5. The Labute approximate surface area is 103 Å². The molecule has 0 aromatic heterocycles. The van der Waals surface area contributed by atoms with Crippen molar-refractivity contribution in [2.24, 2.45) is 11.8 Å². The maximum Gasteiger partial charge on any atom is 0.325 e. The third kappa shape index (κ3) is 4.59. The van der Waals surface area contributed by atoms with Crippen molar-refractivity contribution in [3.8, 4) is 0 Å². The SMILES string of the molecule is CC(=O)N(C)CC(=O)OCC1CC=CCC1C. The van der Waals surface area contributed by atoms with Gasteiger partial charge in [-0.25, -0.2) is 0 Å². The van der Waals surface area contributed by atoms with E-state index in [0.29, 0.717) is 18.4 Å². The fourth-order valence-corrected chi connectivity index (χ4v) is 1.79. The molecule has 2 atom stereocenters. The molecule has 0 aromatic carbocycles. The normalized spacial score (nSPS) is 23.2. The van der Waals surface area contributed by atoms with Crippen LogP contribution in [0.2, 0.25) is 0 Å². The van der Waals surface area contributed by atoms with Gasteiger partial charge in [0.1, 0.15) is 6.54 Å². The number of carbonyl (C=O) groups is 2. The molecule has 0 spiro atoms. The van der Waals surface area contributed by atoms with E-state index < -0.39 is 0 Å². The second-order valence-corrected chi connectivity index (χ2v) is 4.74. The van der Waals surface area contributed by atoms with Gasteiger partial charge in [-0.05, 0) is 24.7 Å². The highest BCUT2D eigenvalue weighted by molar-refractivity contribution is 5.80. The van der Waals surface area contributed by atoms with Crippen molar-refractivity contribution in [3.05, 3.63) is 12.2 Å². The van der Waals surface area contributed by atoms with Gasteiger partial charge in [0.15, 0.2) is 0 Å². The van der Waals surface area contributed by atoms with Crippen LogP contribution >= 0.6 is 0 Å². The van der Waals surface area contributed by atoms with Crippen molar-refractivity contribution in [1.29, 1.82) is 0 Å². The third-order valence-electron chi connectivity index (χ3n) is 3.28. The standard InChI is InChI=1S/C13H21NO3/c1-10-6-4-5-7-12(10)9-17-13(16)8-14(3)11(2)15/h4-5,10,12H,6-9H2,1-3H3. The van der Waals surface area contributed by atoms with E-state index >= 15 is 0 Å². The van der Waals surface area contributed by atoms with E-state index in [1.165, 1.54) is 11.8 Å². The van der Waals surface area contributed by atoms with E-state index in [2.05, 4.69) is 19.1 Å². The second kappa shape index (κ2) is 6.42. The van der Waals surface area contributed by atoms with E-state index in [0.717, 1.165) is 12.8 Å². The maximum atomic E-state index is 11.5. The van der Waals surface area contributed by atoms with Crippen LogP contribution < -0.4 is 0 Å². The van der Waals surface area contributed by atoms with Gasteiger partial charge in [-0.2, -0.15) is 0 Å². The summed E-state index contributed by atoms with van der Waals surface area (Å²) < 4.78 is 5.21. The van der Waals surface area contributed by atoms with Gasteiger partial charge < -0.3 is 9.64 Å². The summed E-state index contributed by atoms with van der Waals surface area (Å²) >= 11 is 0. The first-order valence-electron chi connectivity index (χ1n) is 6.03. The highest BCUT2D eigenvalue weighted by atomic mass is 16.5. The number of carbonyl (C=O) groups excluding carboxylic acids is 2. The summed E-state index contributed by atoms with van der Waals surface area (Å²) in [7, 11) is 1.59. The summed E-state index contributed by atoms with van der Waals surface area (Å²) in [6, 6.07) is 0. The quantitative estimate of drug-likeness (QED) is 0.553. The van der Waals surface area contributed by atoms with Gasteiger partial charge in [-0.3, -0.25) is 9.59 Å².